The molecule has 54 heavy (non-hydrogen) atoms. The standard InChI is InChI=1S/C47H81O2.ClHO4/c1-5-7-9-11-13-15-17-19-21-23-25-27-29-31-33-35-46-40-45(39-44-37-42(3)48-43(4)38-44)41-47(49-46)36-34-32-30-28-26-24-22-20-18-16-14-12-10-8-6-2;2-1(3,4)5/h37-41H,5-36H2,1-4H3;(H,2,3,4,5)/q+1;/p-1. The summed E-state index contributed by atoms with van der Waals surface area (Å²) in [5.74, 6) is 4.24. The lowest BCUT2D eigenvalue weighted by molar-refractivity contribution is -2.00. The highest BCUT2D eigenvalue weighted by Gasteiger charge is 2.16. The van der Waals surface area contributed by atoms with E-state index in [0.717, 1.165) is 35.9 Å². The molecule has 0 saturated carbocycles. The lowest BCUT2D eigenvalue weighted by Gasteiger charge is -2.17. The molecule has 0 aliphatic carbocycles. The Morgan fingerprint density at radius 2 is 0.722 bits per heavy atom. The van der Waals surface area contributed by atoms with Crippen molar-refractivity contribution in [1.82, 2.24) is 0 Å². The Hall–Kier alpha value is -1.70. The van der Waals surface area contributed by atoms with Crippen LogP contribution in [0.5, 0.6) is 0 Å². The predicted octanol–water partition coefficient (Wildman–Crippen LogP) is 11.9. The number of rotatable bonds is 33. The highest BCUT2D eigenvalue weighted by atomic mass is 35.7. The van der Waals surface area contributed by atoms with Crippen molar-refractivity contribution >= 4 is 6.08 Å². The van der Waals surface area contributed by atoms with Crippen molar-refractivity contribution in [3.8, 4) is 0 Å². The van der Waals surface area contributed by atoms with Gasteiger partial charge in [-0.3, -0.25) is 0 Å². The van der Waals surface area contributed by atoms with E-state index in [4.69, 9.17) is 27.8 Å². The van der Waals surface area contributed by atoms with Gasteiger partial charge in [-0.15, -0.1) is 10.2 Å². The Balaban J connectivity index is 0.00000272. The van der Waals surface area contributed by atoms with Gasteiger partial charge in [0.25, 0.3) is 0 Å². The maximum Gasteiger partial charge on any atom is 0.330 e. The number of unbranched alkanes of at least 4 members (excludes halogenated alkanes) is 28. The van der Waals surface area contributed by atoms with E-state index in [1.54, 1.807) is 0 Å². The lowest BCUT2D eigenvalue weighted by Crippen LogP contribution is -2.68. The summed E-state index contributed by atoms with van der Waals surface area (Å²) in [5, 5.41) is 0. The third-order valence-corrected chi connectivity index (χ3v) is 10.4. The number of halogens is 1. The molecule has 2 heterocycles. The molecule has 1 aliphatic heterocycles. The molecule has 0 atom stereocenters. The quantitative estimate of drug-likeness (QED) is 0.0519. The van der Waals surface area contributed by atoms with E-state index in [1.807, 2.05) is 13.8 Å². The van der Waals surface area contributed by atoms with Crippen LogP contribution < -0.4 is 18.6 Å². The summed E-state index contributed by atoms with van der Waals surface area (Å²) in [7, 11) is -4.94. The van der Waals surface area contributed by atoms with Crippen LogP contribution in [0.25, 0.3) is 6.08 Å². The van der Waals surface area contributed by atoms with Crippen LogP contribution in [-0.2, 0) is 17.6 Å². The Labute approximate surface area is 334 Å². The zero-order valence-corrected chi connectivity index (χ0v) is 36.1. The predicted molar refractivity (Wildman–Crippen MR) is 217 cm³/mol. The first-order chi connectivity index (χ1) is 26.1. The van der Waals surface area contributed by atoms with E-state index in [2.05, 4.69) is 44.2 Å². The molecule has 0 amide bonds. The number of hydrogen-bond acceptors (Lipinski definition) is 5. The van der Waals surface area contributed by atoms with Gasteiger partial charge in [-0.05, 0) is 56.1 Å². The average molecular weight is 778 g/mol. The minimum absolute atomic E-state index is 0.961. The number of allylic oxidation sites excluding steroid dienone is 5. The Bertz CT molecular complexity index is 1040. The first-order valence-corrected chi connectivity index (χ1v) is 23.7. The fourth-order valence-corrected chi connectivity index (χ4v) is 7.41. The molecule has 0 bridgehead atoms. The summed E-state index contributed by atoms with van der Waals surface area (Å²) in [4.78, 5) is 0. The van der Waals surface area contributed by atoms with E-state index >= 15 is 0 Å². The van der Waals surface area contributed by atoms with Crippen LogP contribution in [0.4, 0.5) is 0 Å². The molecule has 0 spiro atoms. The van der Waals surface area contributed by atoms with Gasteiger partial charge in [-0.25, -0.2) is 23.1 Å². The molecule has 0 fully saturated rings. The molecule has 6 nitrogen and oxygen atoms in total. The van der Waals surface area contributed by atoms with Gasteiger partial charge in [-0.1, -0.05) is 194 Å². The lowest BCUT2D eigenvalue weighted by atomic mass is 10.0. The van der Waals surface area contributed by atoms with Gasteiger partial charge in [0.15, 0.2) is 0 Å². The number of aryl methyl sites for hydroxylation is 2. The van der Waals surface area contributed by atoms with Crippen LogP contribution in [-0.4, -0.2) is 0 Å². The third-order valence-electron chi connectivity index (χ3n) is 10.4. The van der Waals surface area contributed by atoms with Crippen LogP contribution >= 0.6 is 0 Å². The van der Waals surface area contributed by atoms with E-state index in [1.165, 1.54) is 204 Å². The number of hydrogen-bond donors (Lipinski definition) is 0. The van der Waals surface area contributed by atoms with E-state index in [0.29, 0.717) is 0 Å². The monoisotopic (exact) mass is 777 g/mol. The molecule has 0 aromatic carbocycles. The van der Waals surface area contributed by atoms with Crippen LogP contribution in [0.2, 0.25) is 0 Å². The minimum Gasteiger partial charge on any atom is -0.467 e. The van der Waals surface area contributed by atoms with Gasteiger partial charge in [0.05, 0.1) is 12.8 Å². The fraction of sp³-hybridized carbons (Fsp3) is 0.766. The van der Waals surface area contributed by atoms with Gasteiger partial charge < -0.3 is 4.74 Å². The summed E-state index contributed by atoms with van der Waals surface area (Å²) in [6.45, 7) is 8.68. The fourth-order valence-electron chi connectivity index (χ4n) is 7.41. The summed E-state index contributed by atoms with van der Waals surface area (Å²) in [6.07, 6.45) is 50.8. The van der Waals surface area contributed by atoms with Crippen LogP contribution in [0.15, 0.2) is 45.8 Å². The average Bonchev–Trinajstić information content (AvgIpc) is 3.10. The highest BCUT2D eigenvalue weighted by Crippen LogP contribution is 2.24. The van der Waals surface area contributed by atoms with Gasteiger partial charge >= 0.3 is 11.5 Å². The third kappa shape index (κ3) is 33.6. The molecule has 1 aromatic rings. The topological polar surface area (TPSA) is 113 Å². The van der Waals surface area contributed by atoms with Crippen molar-refractivity contribution in [3.63, 3.8) is 0 Å². The second-order valence-corrected chi connectivity index (χ2v) is 16.6. The van der Waals surface area contributed by atoms with Gasteiger partial charge in [-0.2, -0.15) is 0 Å². The molecular formula is C47H81ClO6. The summed E-state index contributed by atoms with van der Waals surface area (Å²) >= 11 is 0. The minimum atomic E-state index is -4.94. The van der Waals surface area contributed by atoms with Crippen molar-refractivity contribution in [1.29, 1.82) is 0 Å². The molecule has 0 saturated heterocycles. The second kappa shape index (κ2) is 34.5. The normalized spacial score (nSPS) is 12.9. The molecule has 312 valence electrons. The zero-order chi connectivity index (χ0) is 39.5. The van der Waals surface area contributed by atoms with E-state index < -0.39 is 10.2 Å². The molecule has 0 radical (unpaired) electrons. The first-order valence-electron chi connectivity index (χ1n) is 22.4. The van der Waals surface area contributed by atoms with Crippen molar-refractivity contribution < 1.29 is 38.0 Å². The van der Waals surface area contributed by atoms with Gasteiger partial charge in [0.1, 0.15) is 11.5 Å². The van der Waals surface area contributed by atoms with E-state index in [-0.39, 0.29) is 0 Å². The van der Waals surface area contributed by atoms with E-state index in [9.17, 15) is 0 Å². The Morgan fingerprint density at radius 1 is 0.463 bits per heavy atom. The van der Waals surface area contributed by atoms with Crippen molar-refractivity contribution in [2.75, 3.05) is 0 Å². The Kier molecular flexibility index (Phi) is 32.2. The van der Waals surface area contributed by atoms with Gasteiger partial charge in [0.2, 0.25) is 0 Å². The molecule has 7 heteroatoms. The first kappa shape index (κ1) is 50.3. The molecule has 2 rings (SSSR count). The summed E-state index contributed by atoms with van der Waals surface area (Å²) in [6, 6.07) is 4.57. The molecule has 1 aliphatic rings. The molecule has 1 aromatic heterocycles. The smallest absolute Gasteiger partial charge is 0.330 e. The van der Waals surface area contributed by atoms with Crippen LogP contribution in [0.1, 0.15) is 237 Å². The zero-order valence-electron chi connectivity index (χ0n) is 35.3. The van der Waals surface area contributed by atoms with Crippen molar-refractivity contribution in [2.45, 2.75) is 233 Å². The molecule has 0 unspecified atom stereocenters. The molecule has 0 N–H and O–H groups in total. The van der Waals surface area contributed by atoms with Crippen LogP contribution in [0, 0.1) is 10.2 Å². The summed E-state index contributed by atoms with van der Waals surface area (Å²) in [5.41, 5.74) is 2.48. The second-order valence-electron chi connectivity index (χ2n) is 15.9. The maximum atomic E-state index is 8.49. The summed E-state index contributed by atoms with van der Waals surface area (Å²) < 4.78 is 46.2. The van der Waals surface area contributed by atoms with Gasteiger partial charge in [0, 0.05) is 12.1 Å². The van der Waals surface area contributed by atoms with Crippen molar-refractivity contribution in [3.05, 3.63) is 58.5 Å². The highest BCUT2D eigenvalue weighted by molar-refractivity contribution is 5.61. The Morgan fingerprint density at radius 3 is 1.00 bits per heavy atom. The largest absolute Gasteiger partial charge is 0.467 e. The maximum absolute atomic E-state index is 8.49. The molecular weight excluding hydrogens is 696 g/mol. The van der Waals surface area contributed by atoms with Crippen molar-refractivity contribution in [2.24, 2.45) is 0 Å². The number of ether oxygens (including phenoxy) is 1. The SMILES string of the molecule is CCCCCCCCCCCCCCCCCc1cc(C=C2C=C(C)OC(C)=C2)cc(CCCCCCCCCCCCCCCCC)[o+]1.[O-][Cl+3]([O-])([O-])[O-]. The van der Waals surface area contributed by atoms with Crippen LogP contribution in [0.3, 0.4) is 0 Å².